The molecule has 0 saturated carbocycles. The molecule has 1 aromatic carbocycles. The summed E-state index contributed by atoms with van der Waals surface area (Å²) in [5, 5.41) is 10.6. The summed E-state index contributed by atoms with van der Waals surface area (Å²) in [5.74, 6) is 0.594. The van der Waals surface area contributed by atoms with Gasteiger partial charge in [0.15, 0.2) is 0 Å². The predicted octanol–water partition coefficient (Wildman–Crippen LogP) is 0.769. The van der Waals surface area contributed by atoms with Crippen molar-refractivity contribution in [1.82, 2.24) is 0 Å². The van der Waals surface area contributed by atoms with E-state index in [0.717, 1.165) is 0 Å². The number of rotatable bonds is 1. The Balaban J connectivity index is 2.94. The van der Waals surface area contributed by atoms with Crippen molar-refractivity contribution in [3.63, 3.8) is 0 Å². The topological polar surface area (TPSA) is 32.3 Å². The molecule has 0 aromatic heterocycles. The second kappa shape index (κ2) is 2.40. The van der Waals surface area contributed by atoms with Crippen molar-refractivity contribution in [2.75, 3.05) is 7.11 Å². The fourth-order valence-electron chi connectivity index (χ4n) is 0.601. The first-order chi connectivity index (χ1) is 4.33. The van der Waals surface area contributed by atoms with Gasteiger partial charge in [-0.1, -0.05) is 12.1 Å². The highest BCUT2D eigenvalue weighted by atomic mass is 16.5. The Labute approximate surface area is 53.7 Å². The molecule has 0 bridgehead atoms. The number of benzene rings is 1. The van der Waals surface area contributed by atoms with Crippen LogP contribution in [0.5, 0.6) is 11.5 Å². The minimum atomic E-state index is -0.0191. The monoisotopic (exact) mass is 123 g/mol. The Kier molecular flexibility index (Phi) is 1.58. The van der Waals surface area contributed by atoms with Crippen LogP contribution in [0, 0.1) is 0 Å². The van der Waals surface area contributed by atoms with Crippen molar-refractivity contribution in [3.8, 4) is 11.5 Å². The van der Waals surface area contributed by atoms with Crippen molar-refractivity contribution in [2.45, 2.75) is 0 Å². The van der Waals surface area contributed by atoms with Crippen LogP contribution in [0.3, 0.4) is 0 Å². The van der Waals surface area contributed by atoms with E-state index in [-0.39, 0.29) is 5.75 Å². The standard InChI is InChI=1S/C7H8O2/c1-9-7-4-2-3-6(8)5-7/h2-5,8H,1H3/p-1. The van der Waals surface area contributed by atoms with Gasteiger partial charge >= 0.3 is 0 Å². The molecule has 0 unspecified atom stereocenters. The maximum absolute atomic E-state index is 10.6. The zero-order chi connectivity index (χ0) is 6.69. The van der Waals surface area contributed by atoms with Gasteiger partial charge in [0.05, 0.1) is 7.11 Å². The van der Waals surface area contributed by atoms with Gasteiger partial charge < -0.3 is 9.84 Å². The summed E-state index contributed by atoms with van der Waals surface area (Å²) >= 11 is 0. The molecule has 0 aliphatic rings. The number of methoxy groups -OCH3 is 1. The second-order valence-corrected chi connectivity index (χ2v) is 1.68. The summed E-state index contributed by atoms with van der Waals surface area (Å²) in [6, 6.07) is 6.34. The van der Waals surface area contributed by atoms with Gasteiger partial charge in [0.25, 0.3) is 0 Å². The van der Waals surface area contributed by atoms with Crippen LogP contribution in [0.15, 0.2) is 24.3 Å². The van der Waals surface area contributed by atoms with Crippen LogP contribution < -0.4 is 9.84 Å². The first-order valence-electron chi connectivity index (χ1n) is 2.64. The largest absolute Gasteiger partial charge is 0.872 e. The first-order valence-corrected chi connectivity index (χ1v) is 2.64. The van der Waals surface area contributed by atoms with E-state index in [1.807, 2.05) is 0 Å². The summed E-state index contributed by atoms with van der Waals surface area (Å²) in [7, 11) is 1.54. The zero-order valence-corrected chi connectivity index (χ0v) is 5.13. The number of hydrogen-bond donors (Lipinski definition) is 0. The normalized spacial score (nSPS) is 9.00. The zero-order valence-electron chi connectivity index (χ0n) is 5.13. The van der Waals surface area contributed by atoms with Crippen LogP contribution in [0.2, 0.25) is 0 Å². The van der Waals surface area contributed by atoms with E-state index in [0.29, 0.717) is 5.75 Å². The fourth-order valence-corrected chi connectivity index (χ4v) is 0.601. The van der Waals surface area contributed by atoms with Gasteiger partial charge in [0, 0.05) is 0 Å². The average molecular weight is 123 g/mol. The molecule has 0 aliphatic heterocycles. The summed E-state index contributed by atoms with van der Waals surface area (Å²) < 4.78 is 4.80. The van der Waals surface area contributed by atoms with Crippen LogP contribution in [0.1, 0.15) is 0 Å². The van der Waals surface area contributed by atoms with E-state index in [4.69, 9.17) is 4.74 Å². The van der Waals surface area contributed by atoms with Crippen LogP contribution in [0.25, 0.3) is 0 Å². The van der Waals surface area contributed by atoms with E-state index in [1.54, 1.807) is 12.1 Å². The quantitative estimate of drug-likeness (QED) is 0.552. The van der Waals surface area contributed by atoms with Crippen molar-refractivity contribution >= 4 is 0 Å². The Morgan fingerprint density at radius 2 is 2.22 bits per heavy atom. The number of hydrogen-bond acceptors (Lipinski definition) is 2. The molecule has 0 saturated heterocycles. The van der Waals surface area contributed by atoms with Gasteiger partial charge in [-0.05, 0) is 12.1 Å². The second-order valence-electron chi connectivity index (χ2n) is 1.68. The molecule has 0 amide bonds. The summed E-state index contributed by atoms with van der Waals surface area (Å²) in [4.78, 5) is 0. The van der Waals surface area contributed by atoms with Crippen LogP contribution >= 0.6 is 0 Å². The van der Waals surface area contributed by atoms with Crippen molar-refractivity contribution in [3.05, 3.63) is 24.3 Å². The van der Waals surface area contributed by atoms with Gasteiger partial charge in [0.2, 0.25) is 0 Å². The van der Waals surface area contributed by atoms with Crippen molar-refractivity contribution in [2.24, 2.45) is 0 Å². The van der Waals surface area contributed by atoms with Gasteiger partial charge in [0.1, 0.15) is 5.75 Å². The third-order valence-electron chi connectivity index (χ3n) is 1.04. The third kappa shape index (κ3) is 1.35. The Bertz CT molecular complexity index is 196. The lowest BCUT2D eigenvalue weighted by Crippen LogP contribution is -1.89. The third-order valence-corrected chi connectivity index (χ3v) is 1.04. The van der Waals surface area contributed by atoms with Crippen LogP contribution in [-0.4, -0.2) is 7.11 Å². The molecule has 0 radical (unpaired) electrons. The fraction of sp³-hybridized carbons (Fsp3) is 0.143. The van der Waals surface area contributed by atoms with Gasteiger partial charge in [-0.3, -0.25) is 0 Å². The predicted molar refractivity (Wildman–Crippen MR) is 32.4 cm³/mol. The molecule has 9 heavy (non-hydrogen) atoms. The summed E-state index contributed by atoms with van der Waals surface area (Å²) in [5.41, 5.74) is 0. The molecule has 2 heteroatoms. The molecule has 0 fully saturated rings. The average Bonchev–Trinajstić information content (AvgIpc) is 1.88. The highest BCUT2D eigenvalue weighted by Crippen LogP contribution is 2.13. The molecule has 2 nitrogen and oxygen atoms in total. The van der Waals surface area contributed by atoms with E-state index < -0.39 is 0 Å². The highest BCUT2D eigenvalue weighted by molar-refractivity contribution is 5.30. The smallest absolute Gasteiger partial charge is 0.118 e. The van der Waals surface area contributed by atoms with E-state index in [1.165, 1.54) is 19.2 Å². The molecule has 0 aliphatic carbocycles. The molecule has 0 heterocycles. The molecular weight excluding hydrogens is 116 g/mol. The summed E-state index contributed by atoms with van der Waals surface area (Å²) in [6.07, 6.45) is 0. The van der Waals surface area contributed by atoms with Gasteiger partial charge in [-0.2, -0.15) is 0 Å². The maximum atomic E-state index is 10.6. The van der Waals surface area contributed by atoms with Crippen molar-refractivity contribution < 1.29 is 9.84 Å². The first kappa shape index (κ1) is 5.95. The van der Waals surface area contributed by atoms with Gasteiger partial charge in [-0.15, -0.1) is 5.75 Å². The van der Waals surface area contributed by atoms with E-state index in [2.05, 4.69) is 0 Å². The SMILES string of the molecule is COc1cccc([O-])c1. The molecular formula is C7H7O2-. The molecule has 0 atom stereocenters. The molecule has 1 aromatic rings. The lowest BCUT2D eigenvalue weighted by atomic mass is 10.3. The molecule has 0 spiro atoms. The van der Waals surface area contributed by atoms with Crippen LogP contribution in [0.4, 0.5) is 0 Å². The molecule has 48 valence electrons. The minimum Gasteiger partial charge on any atom is -0.872 e. The lowest BCUT2D eigenvalue weighted by molar-refractivity contribution is -0.268. The minimum absolute atomic E-state index is 0.0191. The summed E-state index contributed by atoms with van der Waals surface area (Å²) in [6.45, 7) is 0. The van der Waals surface area contributed by atoms with E-state index in [9.17, 15) is 5.11 Å². The van der Waals surface area contributed by atoms with E-state index >= 15 is 0 Å². The Hall–Kier alpha value is -1.18. The van der Waals surface area contributed by atoms with Gasteiger partial charge in [-0.25, -0.2) is 0 Å². The highest BCUT2D eigenvalue weighted by Gasteiger charge is 1.83. The lowest BCUT2D eigenvalue weighted by Gasteiger charge is -2.05. The number of ether oxygens (including phenoxy) is 1. The Morgan fingerprint density at radius 1 is 1.44 bits per heavy atom. The van der Waals surface area contributed by atoms with Crippen molar-refractivity contribution in [1.29, 1.82) is 0 Å². The molecule has 0 N–H and O–H groups in total. The molecule has 1 rings (SSSR count). The maximum Gasteiger partial charge on any atom is 0.118 e. The van der Waals surface area contributed by atoms with Crippen LogP contribution in [-0.2, 0) is 0 Å². The Morgan fingerprint density at radius 3 is 2.67 bits per heavy atom.